The summed E-state index contributed by atoms with van der Waals surface area (Å²) in [6, 6.07) is 8.16. The maximum Gasteiger partial charge on any atom is 0.240 e. The zero-order chi connectivity index (χ0) is 15.1. The Balaban J connectivity index is 0.00000400. The monoisotopic (exact) mass is 313 g/mol. The van der Waals surface area contributed by atoms with Crippen LogP contribution in [0.3, 0.4) is 0 Å². The van der Waals surface area contributed by atoms with Crippen LogP contribution in [-0.4, -0.2) is 23.9 Å². The Morgan fingerprint density at radius 3 is 2.24 bits per heavy atom. The van der Waals surface area contributed by atoms with Gasteiger partial charge < -0.3 is 16.8 Å². The van der Waals surface area contributed by atoms with Gasteiger partial charge in [-0.3, -0.25) is 9.59 Å². The Morgan fingerprint density at radius 2 is 1.76 bits per heavy atom. The van der Waals surface area contributed by atoms with Crippen molar-refractivity contribution in [3.8, 4) is 0 Å². The first-order chi connectivity index (χ1) is 9.40. The molecule has 0 radical (unpaired) electrons. The molecule has 2 amide bonds. The number of halogens is 1. The Bertz CT molecular complexity index is 451. The van der Waals surface area contributed by atoms with Crippen molar-refractivity contribution in [2.24, 2.45) is 17.4 Å². The molecule has 21 heavy (non-hydrogen) atoms. The molecule has 2 unspecified atom stereocenters. The minimum Gasteiger partial charge on any atom is -0.368 e. The van der Waals surface area contributed by atoms with Crippen molar-refractivity contribution < 1.29 is 9.59 Å². The van der Waals surface area contributed by atoms with Crippen LogP contribution in [0.2, 0.25) is 0 Å². The fourth-order valence-corrected chi connectivity index (χ4v) is 1.96. The van der Waals surface area contributed by atoms with E-state index in [0.717, 1.165) is 5.56 Å². The second kappa shape index (κ2) is 9.37. The highest BCUT2D eigenvalue weighted by molar-refractivity contribution is 5.89. The van der Waals surface area contributed by atoms with Crippen LogP contribution in [0.4, 0.5) is 0 Å². The van der Waals surface area contributed by atoms with Crippen molar-refractivity contribution in [3.05, 3.63) is 35.9 Å². The number of nitrogens with one attached hydrogen (secondary N) is 1. The first kappa shape index (κ1) is 19.4. The molecule has 5 N–H and O–H groups in total. The van der Waals surface area contributed by atoms with E-state index < -0.39 is 18.0 Å². The van der Waals surface area contributed by atoms with E-state index >= 15 is 0 Å². The van der Waals surface area contributed by atoms with Gasteiger partial charge in [0.15, 0.2) is 0 Å². The number of hydrogen-bond acceptors (Lipinski definition) is 3. The lowest BCUT2D eigenvalue weighted by Crippen LogP contribution is -2.51. The van der Waals surface area contributed by atoms with Crippen LogP contribution in [0.5, 0.6) is 0 Å². The summed E-state index contributed by atoms with van der Waals surface area (Å²) in [6.07, 6.45) is 0.943. The van der Waals surface area contributed by atoms with Crippen LogP contribution in [0.1, 0.15) is 25.8 Å². The summed E-state index contributed by atoms with van der Waals surface area (Å²) in [5.74, 6) is -0.615. The summed E-state index contributed by atoms with van der Waals surface area (Å²) in [4.78, 5) is 23.3. The summed E-state index contributed by atoms with van der Waals surface area (Å²) in [5.41, 5.74) is 12.1. The average molecular weight is 314 g/mol. The van der Waals surface area contributed by atoms with Crippen LogP contribution >= 0.6 is 12.4 Å². The van der Waals surface area contributed by atoms with E-state index in [2.05, 4.69) is 5.32 Å². The van der Waals surface area contributed by atoms with Crippen LogP contribution in [-0.2, 0) is 16.0 Å². The van der Waals surface area contributed by atoms with E-state index in [-0.39, 0.29) is 24.2 Å². The zero-order valence-electron chi connectivity index (χ0n) is 12.4. The number of amides is 2. The van der Waals surface area contributed by atoms with E-state index in [1.54, 1.807) is 0 Å². The minimum absolute atomic E-state index is 0. The molecule has 0 heterocycles. The molecule has 2 atom stereocenters. The first-order valence-electron chi connectivity index (χ1n) is 6.79. The molecule has 0 aromatic heterocycles. The number of carbonyl (C=O) groups is 2. The highest BCUT2D eigenvalue weighted by Gasteiger charge is 2.22. The number of hydrogen-bond donors (Lipinski definition) is 3. The lowest BCUT2D eigenvalue weighted by Gasteiger charge is -2.20. The van der Waals surface area contributed by atoms with E-state index in [0.29, 0.717) is 12.8 Å². The molecule has 118 valence electrons. The van der Waals surface area contributed by atoms with Crippen molar-refractivity contribution in [3.63, 3.8) is 0 Å². The molecule has 1 aromatic carbocycles. The first-order valence-corrected chi connectivity index (χ1v) is 6.79. The SMILES string of the molecule is CC(C)CC(NC(=O)C(N)Cc1ccccc1)C(N)=O.Cl. The third-order valence-corrected chi connectivity index (χ3v) is 3.00. The van der Waals surface area contributed by atoms with Gasteiger partial charge in [0.2, 0.25) is 11.8 Å². The summed E-state index contributed by atoms with van der Waals surface area (Å²) in [5, 5.41) is 2.63. The lowest BCUT2D eigenvalue weighted by atomic mass is 10.0. The van der Waals surface area contributed by atoms with Gasteiger partial charge >= 0.3 is 0 Å². The lowest BCUT2D eigenvalue weighted by molar-refractivity contribution is -0.128. The van der Waals surface area contributed by atoms with E-state index in [4.69, 9.17) is 11.5 Å². The van der Waals surface area contributed by atoms with Crippen molar-refractivity contribution in [2.45, 2.75) is 38.8 Å². The molecule has 0 bridgehead atoms. The number of benzene rings is 1. The minimum atomic E-state index is -0.689. The van der Waals surface area contributed by atoms with Gasteiger partial charge in [0.1, 0.15) is 6.04 Å². The molecule has 1 rings (SSSR count). The number of rotatable bonds is 7. The normalized spacial score (nSPS) is 13.1. The highest BCUT2D eigenvalue weighted by Crippen LogP contribution is 2.06. The van der Waals surface area contributed by atoms with Crippen LogP contribution in [0.15, 0.2) is 30.3 Å². The van der Waals surface area contributed by atoms with E-state index in [9.17, 15) is 9.59 Å². The Labute approximate surface area is 131 Å². The Kier molecular flexibility index (Phi) is 8.66. The topological polar surface area (TPSA) is 98.2 Å². The summed E-state index contributed by atoms with van der Waals surface area (Å²) in [7, 11) is 0. The maximum absolute atomic E-state index is 12.0. The molecular weight excluding hydrogens is 290 g/mol. The van der Waals surface area contributed by atoms with Crippen molar-refractivity contribution in [2.75, 3.05) is 0 Å². The molecule has 0 spiro atoms. The van der Waals surface area contributed by atoms with Gasteiger partial charge in [0.25, 0.3) is 0 Å². The van der Waals surface area contributed by atoms with Gasteiger partial charge in [-0.2, -0.15) is 0 Å². The summed E-state index contributed by atoms with van der Waals surface area (Å²) < 4.78 is 0. The standard InChI is InChI=1S/C15H23N3O2.ClH/c1-10(2)8-13(14(17)19)18-15(20)12(16)9-11-6-4-3-5-7-11;/h3-7,10,12-13H,8-9,16H2,1-2H3,(H2,17,19)(H,18,20);1H. The molecule has 5 nitrogen and oxygen atoms in total. The van der Waals surface area contributed by atoms with E-state index in [1.807, 2.05) is 44.2 Å². The number of nitrogens with two attached hydrogens (primary N) is 2. The number of carbonyl (C=O) groups excluding carboxylic acids is 2. The molecule has 0 fully saturated rings. The number of primary amides is 1. The Morgan fingerprint density at radius 1 is 1.19 bits per heavy atom. The molecule has 0 aliphatic carbocycles. The summed E-state index contributed by atoms with van der Waals surface area (Å²) >= 11 is 0. The Hall–Kier alpha value is -1.59. The molecule has 0 aliphatic heterocycles. The van der Waals surface area contributed by atoms with Gasteiger partial charge in [-0.15, -0.1) is 12.4 Å². The van der Waals surface area contributed by atoms with Gasteiger partial charge in [-0.05, 0) is 24.3 Å². The molecule has 0 aliphatic rings. The van der Waals surface area contributed by atoms with Gasteiger partial charge in [-0.25, -0.2) is 0 Å². The van der Waals surface area contributed by atoms with Crippen LogP contribution < -0.4 is 16.8 Å². The van der Waals surface area contributed by atoms with Crippen LogP contribution in [0.25, 0.3) is 0 Å². The molecule has 0 saturated heterocycles. The van der Waals surface area contributed by atoms with E-state index in [1.165, 1.54) is 0 Å². The van der Waals surface area contributed by atoms with Crippen LogP contribution in [0, 0.1) is 5.92 Å². The fourth-order valence-electron chi connectivity index (χ4n) is 1.96. The van der Waals surface area contributed by atoms with Gasteiger partial charge in [0.05, 0.1) is 6.04 Å². The second-order valence-electron chi connectivity index (χ2n) is 5.39. The highest BCUT2D eigenvalue weighted by atomic mass is 35.5. The molecule has 1 aromatic rings. The zero-order valence-corrected chi connectivity index (χ0v) is 13.2. The maximum atomic E-state index is 12.0. The smallest absolute Gasteiger partial charge is 0.240 e. The van der Waals surface area contributed by atoms with Crippen molar-refractivity contribution in [1.82, 2.24) is 5.32 Å². The van der Waals surface area contributed by atoms with Gasteiger partial charge in [-0.1, -0.05) is 44.2 Å². The molecular formula is C15H24ClN3O2. The van der Waals surface area contributed by atoms with Crippen molar-refractivity contribution >= 4 is 24.2 Å². The predicted molar refractivity (Wildman–Crippen MR) is 85.9 cm³/mol. The average Bonchev–Trinajstić information content (AvgIpc) is 2.38. The van der Waals surface area contributed by atoms with Crippen molar-refractivity contribution in [1.29, 1.82) is 0 Å². The quantitative estimate of drug-likeness (QED) is 0.700. The third kappa shape index (κ3) is 7.11. The largest absolute Gasteiger partial charge is 0.368 e. The second-order valence-corrected chi connectivity index (χ2v) is 5.39. The molecule has 6 heteroatoms. The molecule has 0 saturated carbocycles. The fraction of sp³-hybridized carbons (Fsp3) is 0.467. The summed E-state index contributed by atoms with van der Waals surface area (Å²) in [6.45, 7) is 3.93. The predicted octanol–water partition coefficient (Wildman–Crippen LogP) is 0.994. The third-order valence-electron chi connectivity index (χ3n) is 3.00. The van der Waals surface area contributed by atoms with Gasteiger partial charge in [0, 0.05) is 0 Å².